The van der Waals surface area contributed by atoms with Gasteiger partial charge in [-0.2, -0.15) is 0 Å². The normalized spacial score (nSPS) is 14.9. The van der Waals surface area contributed by atoms with Crippen molar-refractivity contribution >= 4 is 5.91 Å². The molecular formula is C16H21NO2. The first-order valence-corrected chi connectivity index (χ1v) is 6.93. The number of benzene rings is 1. The summed E-state index contributed by atoms with van der Waals surface area (Å²) in [6.45, 7) is 2.43. The van der Waals surface area contributed by atoms with Crippen LogP contribution < -0.4 is 5.32 Å². The third-order valence-corrected chi connectivity index (χ3v) is 3.60. The quantitative estimate of drug-likeness (QED) is 0.815. The van der Waals surface area contributed by atoms with E-state index in [0.717, 1.165) is 18.4 Å². The van der Waals surface area contributed by atoms with Crippen molar-refractivity contribution in [2.24, 2.45) is 0 Å². The van der Waals surface area contributed by atoms with Gasteiger partial charge in [-0.25, -0.2) is 0 Å². The molecule has 0 atom stereocenters. The number of allylic oxidation sites excluding steroid dienone is 1. The maximum atomic E-state index is 12.0. The highest BCUT2D eigenvalue weighted by Crippen LogP contribution is 2.22. The van der Waals surface area contributed by atoms with E-state index < -0.39 is 0 Å². The number of hydrogen-bond acceptors (Lipinski definition) is 2. The van der Waals surface area contributed by atoms with Crippen molar-refractivity contribution in [2.45, 2.75) is 39.0 Å². The van der Waals surface area contributed by atoms with Gasteiger partial charge in [0.2, 0.25) is 0 Å². The Labute approximate surface area is 114 Å². The average molecular weight is 259 g/mol. The maximum Gasteiger partial charge on any atom is 0.255 e. The monoisotopic (exact) mass is 259 g/mol. The van der Waals surface area contributed by atoms with Crippen LogP contribution in [-0.2, 0) is 0 Å². The second-order valence-corrected chi connectivity index (χ2v) is 5.09. The highest BCUT2D eigenvalue weighted by Gasteiger charge is 2.12. The first-order chi connectivity index (χ1) is 9.18. The molecule has 3 heteroatoms. The van der Waals surface area contributed by atoms with Gasteiger partial charge in [-0.15, -0.1) is 0 Å². The van der Waals surface area contributed by atoms with Gasteiger partial charge >= 0.3 is 0 Å². The second kappa shape index (κ2) is 6.41. The van der Waals surface area contributed by atoms with E-state index in [1.165, 1.54) is 24.8 Å². The summed E-state index contributed by atoms with van der Waals surface area (Å²) in [7, 11) is 0. The Morgan fingerprint density at radius 1 is 1.37 bits per heavy atom. The second-order valence-electron chi connectivity index (χ2n) is 5.09. The van der Waals surface area contributed by atoms with Crippen molar-refractivity contribution < 1.29 is 9.90 Å². The average Bonchev–Trinajstić information content (AvgIpc) is 2.43. The molecule has 1 aliphatic rings. The molecule has 0 spiro atoms. The van der Waals surface area contributed by atoms with Gasteiger partial charge in [0.1, 0.15) is 5.75 Å². The van der Waals surface area contributed by atoms with Crippen molar-refractivity contribution in [3.63, 3.8) is 0 Å². The number of hydrogen-bond donors (Lipinski definition) is 2. The number of amides is 1. The van der Waals surface area contributed by atoms with Gasteiger partial charge in [0, 0.05) is 6.54 Å². The van der Waals surface area contributed by atoms with Crippen LogP contribution in [0.25, 0.3) is 0 Å². The molecule has 0 fully saturated rings. The predicted octanol–water partition coefficient (Wildman–Crippen LogP) is 3.32. The number of phenolic OH excluding ortho intramolecular Hbond substituents is 1. The first kappa shape index (κ1) is 13.7. The van der Waals surface area contributed by atoms with Crippen LogP contribution in [0.3, 0.4) is 0 Å². The molecule has 0 aromatic heterocycles. The molecule has 102 valence electrons. The van der Waals surface area contributed by atoms with E-state index in [1.54, 1.807) is 25.1 Å². The van der Waals surface area contributed by atoms with Gasteiger partial charge in [-0.1, -0.05) is 23.8 Å². The van der Waals surface area contributed by atoms with E-state index in [4.69, 9.17) is 0 Å². The topological polar surface area (TPSA) is 49.3 Å². The Morgan fingerprint density at radius 2 is 2.21 bits per heavy atom. The number of aryl methyl sites for hydroxylation is 1. The summed E-state index contributed by atoms with van der Waals surface area (Å²) in [4.78, 5) is 12.0. The molecule has 1 amide bonds. The third kappa shape index (κ3) is 3.60. The zero-order valence-electron chi connectivity index (χ0n) is 11.4. The number of carbonyl (C=O) groups is 1. The summed E-state index contributed by atoms with van der Waals surface area (Å²) in [5.41, 5.74) is 2.53. The number of para-hydroxylation sites is 1. The van der Waals surface area contributed by atoms with Crippen molar-refractivity contribution in [2.75, 3.05) is 6.54 Å². The van der Waals surface area contributed by atoms with Crippen molar-refractivity contribution in [3.8, 4) is 5.75 Å². The van der Waals surface area contributed by atoms with Gasteiger partial charge < -0.3 is 10.4 Å². The summed E-state index contributed by atoms with van der Waals surface area (Å²) in [5.74, 6) is -0.116. The van der Waals surface area contributed by atoms with Crippen molar-refractivity contribution in [1.29, 1.82) is 0 Å². The molecule has 2 N–H and O–H groups in total. The third-order valence-electron chi connectivity index (χ3n) is 3.60. The summed E-state index contributed by atoms with van der Waals surface area (Å²) < 4.78 is 0. The fraction of sp³-hybridized carbons (Fsp3) is 0.438. The van der Waals surface area contributed by atoms with E-state index >= 15 is 0 Å². The lowest BCUT2D eigenvalue weighted by Crippen LogP contribution is -2.25. The molecular weight excluding hydrogens is 238 g/mol. The zero-order chi connectivity index (χ0) is 13.7. The molecule has 0 saturated carbocycles. The highest BCUT2D eigenvalue weighted by atomic mass is 16.3. The minimum atomic E-state index is -0.197. The van der Waals surface area contributed by atoms with Gasteiger partial charge in [-0.05, 0) is 50.7 Å². The fourth-order valence-electron chi connectivity index (χ4n) is 2.41. The molecule has 1 aromatic carbocycles. The first-order valence-electron chi connectivity index (χ1n) is 6.93. The lowest BCUT2D eigenvalue weighted by molar-refractivity contribution is 0.0951. The van der Waals surface area contributed by atoms with Crippen LogP contribution >= 0.6 is 0 Å². The number of nitrogens with one attached hydrogen (secondary N) is 1. The standard InChI is InChI=1S/C16H21NO2/c1-12-6-5-9-14(15(12)18)16(19)17-11-10-13-7-3-2-4-8-13/h5-7,9,18H,2-4,8,10-11H2,1H3,(H,17,19). The smallest absolute Gasteiger partial charge is 0.255 e. The predicted molar refractivity (Wildman–Crippen MR) is 76.3 cm³/mol. The van der Waals surface area contributed by atoms with Crippen LogP contribution in [0.1, 0.15) is 48.0 Å². The molecule has 0 heterocycles. The lowest BCUT2D eigenvalue weighted by Gasteiger charge is -2.13. The SMILES string of the molecule is Cc1cccc(C(=O)NCCC2=CCCCC2)c1O. The van der Waals surface area contributed by atoms with Crippen LogP contribution in [-0.4, -0.2) is 17.6 Å². The van der Waals surface area contributed by atoms with E-state index in [0.29, 0.717) is 12.1 Å². The van der Waals surface area contributed by atoms with Crippen LogP contribution in [0.4, 0.5) is 0 Å². The molecule has 0 aliphatic heterocycles. The summed E-state index contributed by atoms with van der Waals surface area (Å²) in [5, 5.41) is 12.7. The fourth-order valence-corrected chi connectivity index (χ4v) is 2.41. The van der Waals surface area contributed by atoms with Gasteiger partial charge in [0.15, 0.2) is 0 Å². The maximum absolute atomic E-state index is 12.0. The molecule has 1 aliphatic carbocycles. The Balaban J connectivity index is 1.87. The highest BCUT2D eigenvalue weighted by molar-refractivity contribution is 5.97. The molecule has 0 bridgehead atoms. The Morgan fingerprint density at radius 3 is 2.95 bits per heavy atom. The molecule has 19 heavy (non-hydrogen) atoms. The van der Waals surface area contributed by atoms with Gasteiger partial charge in [-0.3, -0.25) is 4.79 Å². The number of rotatable bonds is 4. The van der Waals surface area contributed by atoms with Crippen LogP contribution in [0, 0.1) is 6.92 Å². The Kier molecular flexibility index (Phi) is 4.61. The van der Waals surface area contributed by atoms with Crippen LogP contribution in [0.2, 0.25) is 0 Å². The van der Waals surface area contributed by atoms with Crippen molar-refractivity contribution in [1.82, 2.24) is 5.32 Å². The largest absolute Gasteiger partial charge is 0.507 e. The lowest BCUT2D eigenvalue weighted by atomic mass is 9.97. The zero-order valence-corrected chi connectivity index (χ0v) is 11.4. The van der Waals surface area contributed by atoms with E-state index in [-0.39, 0.29) is 11.7 Å². The van der Waals surface area contributed by atoms with E-state index in [1.807, 2.05) is 0 Å². The Hall–Kier alpha value is -1.77. The minimum absolute atomic E-state index is 0.0804. The van der Waals surface area contributed by atoms with Crippen molar-refractivity contribution in [3.05, 3.63) is 41.0 Å². The summed E-state index contributed by atoms with van der Waals surface area (Å²) in [6.07, 6.45) is 8.08. The Bertz CT molecular complexity index is 492. The molecule has 3 nitrogen and oxygen atoms in total. The number of aromatic hydroxyl groups is 1. The molecule has 0 radical (unpaired) electrons. The molecule has 1 aromatic rings. The minimum Gasteiger partial charge on any atom is -0.507 e. The number of carbonyl (C=O) groups excluding carboxylic acids is 1. The van der Waals surface area contributed by atoms with E-state index in [9.17, 15) is 9.90 Å². The summed E-state index contributed by atoms with van der Waals surface area (Å²) >= 11 is 0. The molecule has 0 saturated heterocycles. The van der Waals surface area contributed by atoms with E-state index in [2.05, 4.69) is 11.4 Å². The van der Waals surface area contributed by atoms with Gasteiger partial charge in [0.05, 0.1) is 5.56 Å². The van der Waals surface area contributed by atoms with Gasteiger partial charge in [0.25, 0.3) is 5.91 Å². The van der Waals surface area contributed by atoms with Crippen LogP contribution in [0.5, 0.6) is 5.75 Å². The number of phenols is 1. The molecule has 0 unspecified atom stereocenters. The summed E-state index contributed by atoms with van der Waals surface area (Å²) in [6, 6.07) is 5.23. The van der Waals surface area contributed by atoms with Crippen LogP contribution in [0.15, 0.2) is 29.8 Å². The molecule has 2 rings (SSSR count).